The number of hydrogen-bond donors (Lipinski definition) is 0. The highest BCUT2D eigenvalue weighted by molar-refractivity contribution is 5.32. The van der Waals surface area contributed by atoms with Crippen molar-refractivity contribution >= 4 is 0 Å². The van der Waals surface area contributed by atoms with Crippen LogP contribution in [0.2, 0.25) is 0 Å². The number of hydrogen-bond acceptors (Lipinski definition) is 1. The van der Waals surface area contributed by atoms with E-state index in [1.165, 1.54) is 20.0 Å². The van der Waals surface area contributed by atoms with Gasteiger partial charge in [-0.05, 0) is 55.9 Å². The molecule has 0 N–H and O–H groups in total. The summed E-state index contributed by atoms with van der Waals surface area (Å²) in [5, 5.41) is 0. The summed E-state index contributed by atoms with van der Waals surface area (Å²) in [6.45, 7) is 15.1. The molecule has 0 amide bonds. The van der Waals surface area contributed by atoms with E-state index in [4.69, 9.17) is 0 Å². The average molecular weight is 340 g/mol. The molecule has 3 heteroatoms. The third-order valence-electron chi connectivity index (χ3n) is 4.57. The quantitative estimate of drug-likeness (QED) is 0.253. The van der Waals surface area contributed by atoms with Crippen LogP contribution in [0.3, 0.4) is 0 Å². The molecule has 0 atom stereocenters. The summed E-state index contributed by atoms with van der Waals surface area (Å²) in [6, 6.07) is 0. The summed E-state index contributed by atoms with van der Waals surface area (Å²) in [5.41, 5.74) is 0.187. The molecule has 0 aromatic rings. The maximum atomic E-state index is 13.7. The van der Waals surface area contributed by atoms with Gasteiger partial charge in [0.15, 0.2) is 11.7 Å². The van der Waals surface area contributed by atoms with Gasteiger partial charge in [-0.3, -0.25) is 0 Å². The first kappa shape index (κ1) is 22.6. The topological polar surface area (TPSA) is 9.23 Å². The molecule has 1 aliphatic carbocycles. The van der Waals surface area contributed by atoms with E-state index in [1.807, 2.05) is 6.08 Å². The lowest BCUT2D eigenvalue weighted by atomic mass is 9.79. The van der Waals surface area contributed by atoms with Crippen molar-refractivity contribution in [1.82, 2.24) is 0 Å². The first-order chi connectivity index (χ1) is 11.4. The SMILES string of the molecule is C=CC1CCC(CCC(=C)/C(F)=C(/F)C(=C)OC)CC1.CCCC. The van der Waals surface area contributed by atoms with Gasteiger partial charge < -0.3 is 4.74 Å². The van der Waals surface area contributed by atoms with E-state index < -0.39 is 11.7 Å². The van der Waals surface area contributed by atoms with Gasteiger partial charge in [-0.2, -0.15) is 4.39 Å². The minimum Gasteiger partial charge on any atom is -0.494 e. The van der Waals surface area contributed by atoms with Crippen LogP contribution in [0, 0.1) is 11.8 Å². The Labute approximate surface area is 147 Å². The van der Waals surface area contributed by atoms with Crippen LogP contribution in [0.4, 0.5) is 8.78 Å². The highest BCUT2D eigenvalue weighted by Crippen LogP contribution is 2.34. The van der Waals surface area contributed by atoms with Crippen molar-refractivity contribution < 1.29 is 13.5 Å². The molecule has 138 valence electrons. The molecule has 0 aliphatic heterocycles. The summed E-state index contributed by atoms with van der Waals surface area (Å²) in [6.07, 6.45) is 10.5. The minimum absolute atomic E-state index is 0.187. The molecular formula is C21H34F2O. The first-order valence-electron chi connectivity index (χ1n) is 9.00. The molecule has 1 rings (SSSR count). The van der Waals surface area contributed by atoms with Gasteiger partial charge in [0.05, 0.1) is 7.11 Å². The third kappa shape index (κ3) is 8.47. The molecule has 0 saturated heterocycles. The van der Waals surface area contributed by atoms with Gasteiger partial charge in [0.1, 0.15) is 5.76 Å². The Morgan fingerprint density at radius 1 is 1.04 bits per heavy atom. The molecule has 0 bridgehead atoms. The highest BCUT2D eigenvalue weighted by Gasteiger charge is 2.20. The highest BCUT2D eigenvalue weighted by atomic mass is 19.2. The Morgan fingerprint density at radius 2 is 1.58 bits per heavy atom. The fourth-order valence-electron chi connectivity index (χ4n) is 2.57. The van der Waals surface area contributed by atoms with Crippen molar-refractivity contribution in [1.29, 1.82) is 0 Å². The van der Waals surface area contributed by atoms with E-state index >= 15 is 0 Å². The molecule has 1 nitrogen and oxygen atoms in total. The fraction of sp³-hybridized carbons (Fsp3) is 0.619. The summed E-state index contributed by atoms with van der Waals surface area (Å²) >= 11 is 0. The van der Waals surface area contributed by atoms with Gasteiger partial charge in [0, 0.05) is 0 Å². The lowest BCUT2D eigenvalue weighted by Crippen LogP contribution is -2.13. The van der Waals surface area contributed by atoms with Crippen LogP contribution in [0.5, 0.6) is 0 Å². The van der Waals surface area contributed by atoms with E-state index in [-0.39, 0.29) is 11.3 Å². The smallest absolute Gasteiger partial charge is 0.200 e. The van der Waals surface area contributed by atoms with Crippen LogP contribution >= 0.6 is 0 Å². The molecular weight excluding hydrogens is 306 g/mol. The number of ether oxygens (including phenoxy) is 1. The van der Waals surface area contributed by atoms with Crippen molar-refractivity contribution in [3.05, 3.63) is 48.8 Å². The van der Waals surface area contributed by atoms with Crippen molar-refractivity contribution in [3.63, 3.8) is 0 Å². The second kappa shape index (κ2) is 13.0. The van der Waals surface area contributed by atoms with E-state index in [0.717, 1.165) is 32.1 Å². The zero-order valence-electron chi connectivity index (χ0n) is 15.7. The second-order valence-corrected chi connectivity index (χ2v) is 6.41. The Morgan fingerprint density at radius 3 is 2.00 bits per heavy atom. The summed E-state index contributed by atoms with van der Waals surface area (Å²) in [5.74, 6) is -1.09. The maximum absolute atomic E-state index is 13.7. The molecule has 0 unspecified atom stereocenters. The van der Waals surface area contributed by atoms with Crippen LogP contribution in [0.25, 0.3) is 0 Å². The molecule has 0 heterocycles. The Kier molecular flexibility index (Phi) is 12.2. The zero-order valence-corrected chi connectivity index (χ0v) is 15.7. The molecule has 0 aromatic carbocycles. The fourth-order valence-corrected chi connectivity index (χ4v) is 2.57. The van der Waals surface area contributed by atoms with Crippen LogP contribution in [-0.4, -0.2) is 7.11 Å². The van der Waals surface area contributed by atoms with Gasteiger partial charge in [-0.15, -0.1) is 6.58 Å². The molecule has 0 aromatic heterocycles. The molecule has 0 spiro atoms. The summed E-state index contributed by atoms with van der Waals surface area (Å²) in [4.78, 5) is 0. The number of allylic oxidation sites excluding steroid dienone is 4. The zero-order chi connectivity index (χ0) is 18.5. The van der Waals surface area contributed by atoms with E-state index in [9.17, 15) is 8.78 Å². The van der Waals surface area contributed by atoms with Crippen LogP contribution in [-0.2, 0) is 4.74 Å². The Balaban J connectivity index is 0.00000118. The monoisotopic (exact) mass is 340 g/mol. The second-order valence-electron chi connectivity index (χ2n) is 6.41. The summed E-state index contributed by atoms with van der Waals surface area (Å²) in [7, 11) is 1.26. The molecule has 24 heavy (non-hydrogen) atoms. The van der Waals surface area contributed by atoms with Crippen LogP contribution < -0.4 is 0 Å². The van der Waals surface area contributed by atoms with Gasteiger partial charge >= 0.3 is 0 Å². The van der Waals surface area contributed by atoms with Gasteiger partial charge in [0.2, 0.25) is 0 Å². The molecule has 1 aliphatic rings. The van der Waals surface area contributed by atoms with E-state index in [1.54, 1.807) is 0 Å². The number of unbranched alkanes of at least 4 members (excludes halogenated alkanes) is 1. The third-order valence-corrected chi connectivity index (χ3v) is 4.57. The molecule has 1 fully saturated rings. The van der Waals surface area contributed by atoms with Crippen LogP contribution in [0.15, 0.2) is 48.8 Å². The van der Waals surface area contributed by atoms with Crippen molar-refractivity contribution in [3.8, 4) is 0 Å². The number of methoxy groups -OCH3 is 1. The van der Waals surface area contributed by atoms with Gasteiger partial charge in [-0.25, -0.2) is 4.39 Å². The number of halogens is 2. The Bertz CT molecular complexity index is 427. The predicted molar refractivity (Wildman–Crippen MR) is 100.0 cm³/mol. The minimum atomic E-state index is -1.05. The Hall–Kier alpha value is -1.38. The average Bonchev–Trinajstić information content (AvgIpc) is 2.64. The summed E-state index contributed by atoms with van der Waals surface area (Å²) < 4.78 is 31.8. The lowest BCUT2D eigenvalue weighted by molar-refractivity contribution is 0.279. The van der Waals surface area contributed by atoms with E-state index in [2.05, 4.69) is 38.3 Å². The lowest BCUT2D eigenvalue weighted by Gasteiger charge is -2.26. The standard InChI is InChI=1S/C17H24F2O.C4H10/c1-5-14-8-10-15(11-9-14)7-6-12(2)16(18)17(19)13(3)20-4;1-3-4-2/h5,14-15H,1-3,6-11H2,4H3;3-4H2,1-2H3/b17-16-;. The first-order valence-corrected chi connectivity index (χ1v) is 9.00. The van der Waals surface area contributed by atoms with E-state index in [0.29, 0.717) is 18.3 Å². The predicted octanol–water partition coefficient (Wildman–Crippen LogP) is 7.43. The van der Waals surface area contributed by atoms with Gasteiger partial charge in [0.25, 0.3) is 0 Å². The van der Waals surface area contributed by atoms with Gasteiger partial charge in [-0.1, -0.05) is 45.9 Å². The van der Waals surface area contributed by atoms with Crippen molar-refractivity contribution in [2.45, 2.75) is 65.2 Å². The molecule has 1 saturated carbocycles. The normalized spacial score (nSPS) is 21.0. The van der Waals surface area contributed by atoms with Crippen LogP contribution in [0.1, 0.15) is 65.2 Å². The molecule has 0 radical (unpaired) electrons. The largest absolute Gasteiger partial charge is 0.494 e. The van der Waals surface area contributed by atoms with Crippen molar-refractivity contribution in [2.24, 2.45) is 11.8 Å². The maximum Gasteiger partial charge on any atom is 0.200 e. The van der Waals surface area contributed by atoms with Crippen molar-refractivity contribution in [2.75, 3.05) is 7.11 Å². The number of rotatable bonds is 8.